The minimum atomic E-state index is -1.44. The predicted octanol–water partition coefficient (Wildman–Crippen LogP) is 4.88. The van der Waals surface area contributed by atoms with Gasteiger partial charge in [-0.05, 0) is 44.4 Å². The van der Waals surface area contributed by atoms with Crippen LogP contribution < -0.4 is 0 Å². The van der Waals surface area contributed by atoms with Crippen LogP contribution in [0.5, 0.6) is 5.75 Å². The van der Waals surface area contributed by atoms with Gasteiger partial charge in [-0.3, -0.25) is 4.90 Å². The number of rotatable bonds is 11. The summed E-state index contributed by atoms with van der Waals surface area (Å²) in [6, 6.07) is 16.3. The highest BCUT2D eigenvalue weighted by molar-refractivity contribution is 5.86. The Hall–Kier alpha value is -3.32. The summed E-state index contributed by atoms with van der Waals surface area (Å²) in [7, 11) is 1.45. The van der Waals surface area contributed by atoms with Crippen LogP contribution >= 0.6 is 0 Å². The number of ether oxygens (including phenoxy) is 3. The van der Waals surface area contributed by atoms with Crippen LogP contribution in [0.25, 0.3) is 0 Å². The van der Waals surface area contributed by atoms with E-state index in [9.17, 15) is 14.7 Å². The van der Waals surface area contributed by atoms with E-state index < -0.39 is 23.2 Å². The highest BCUT2D eigenvalue weighted by Crippen LogP contribution is 2.30. The predicted molar refractivity (Wildman–Crippen MR) is 130 cm³/mol. The monoisotopic (exact) mass is 469 g/mol. The van der Waals surface area contributed by atoms with Crippen molar-refractivity contribution in [3.63, 3.8) is 0 Å². The molecule has 2 aromatic carbocycles. The molecule has 1 N–H and O–H groups in total. The van der Waals surface area contributed by atoms with Gasteiger partial charge in [0.1, 0.15) is 18.1 Å². The largest absolute Gasteiger partial charge is 0.508 e. The Kier molecular flexibility index (Phi) is 9.69. The third kappa shape index (κ3) is 7.35. The first kappa shape index (κ1) is 26.9. The molecular formula is C27H35NO6. The van der Waals surface area contributed by atoms with Gasteiger partial charge in [0.05, 0.1) is 6.61 Å². The maximum atomic E-state index is 13.7. The second-order valence-corrected chi connectivity index (χ2v) is 9.03. The molecule has 1 amide bonds. The van der Waals surface area contributed by atoms with Crippen LogP contribution in [-0.4, -0.2) is 53.7 Å². The smallest absolute Gasteiger partial charge is 0.413 e. The molecule has 0 heterocycles. The summed E-state index contributed by atoms with van der Waals surface area (Å²) in [5.41, 5.74) is -0.717. The van der Waals surface area contributed by atoms with Crippen LogP contribution in [0.3, 0.4) is 0 Å². The number of hydrogen-bond acceptors (Lipinski definition) is 6. The zero-order valence-corrected chi connectivity index (χ0v) is 20.5. The lowest BCUT2D eigenvalue weighted by atomic mass is 9.86. The van der Waals surface area contributed by atoms with E-state index in [1.165, 1.54) is 12.0 Å². The average Bonchev–Trinajstić information content (AvgIpc) is 2.78. The molecule has 0 saturated carbocycles. The fraction of sp³-hybridized carbons (Fsp3) is 0.407. The van der Waals surface area contributed by atoms with E-state index in [0.717, 1.165) is 5.56 Å². The van der Waals surface area contributed by atoms with Gasteiger partial charge in [0.25, 0.3) is 0 Å². The molecule has 0 aliphatic heterocycles. The van der Waals surface area contributed by atoms with Crippen molar-refractivity contribution in [1.29, 1.82) is 0 Å². The molecule has 0 bridgehead atoms. The molecule has 0 spiro atoms. The minimum absolute atomic E-state index is 0.0270. The number of nitrogens with zero attached hydrogens (tertiary/aromatic N) is 1. The first-order chi connectivity index (χ1) is 16.1. The number of phenolic OH excluding ortho intramolecular Hbond substituents is 1. The number of amides is 1. The summed E-state index contributed by atoms with van der Waals surface area (Å²) >= 11 is 0. The molecule has 7 heteroatoms. The molecule has 0 saturated heterocycles. The van der Waals surface area contributed by atoms with E-state index in [0.29, 0.717) is 12.0 Å². The van der Waals surface area contributed by atoms with E-state index in [1.54, 1.807) is 51.1 Å². The Morgan fingerprint density at radius 3 is 2.29 bits per heavy atom. The number of methoxy groups -OCH3 is 1. The van der Waals surface area contributed by atoms with Crippen LogP contribution in [0.2, 0.25) is 0 Å². The molecule has 184 valence electrons. The molecule has 1 unspecified atom stereocenters. The van der Waals surface area contributed by atoms with Crippen molar-refractivity contribution < 1.29 is 28.9 Å². The molecule has 0 aromatic heterocycles. The standard InChI is InChI=1S/C27H35NO6/c1-6-17-27(19-21-12-8-7-9-13-21,28(20-32-5)25(31)34-26(2,3)4)24(30)33-18-16-22-14-10-11-15-23(22)29/h6-15,29H,1,16-20H2,2-5H3. The zero-order valence-electron chi connectivity index (χ0n) is 20.5. The lowest BCUT2D eigenvalue weighted by Gasteiger charge is -2.41. The van der Waals surface area contributed by atoms with Gasteiger partial charge in [-0.25, -0.2) is 9.59 Å². The van der Waals surface area contributed by atoms with Gasteiger partial charge in [-0.1, -0.05) is 54.6 Å². The molecule has 0 aliphatic carbocycles. The van der Waals surface area contributed by atoms with Crippen LogP contribution in [0, 0.1) is 0 Å². The Balaban J connectivity index is 2.41. The molecule has 0 fully saturated rings. The van der Waals surface area contributed by atoms with Crippen LogP contribution in [0.15, 0.2) is 67.3 Å². The summed E-state index contributed by atoms with van der Waals surface area (Å²) in [6.07, 6.45) is 1.52. The molecule has 0 radical (unpaired) electrons. The Morgan fingerprint density at radius 1 is 1.06 bits per heavy atom. The number of phenols is 1. The Bertz CT molecular complexity index is 953. The Labute approximate surface area is 201 Å². The van der Waals surface area contributed by atoms with Gasteiger partial charge in [-0.2, -0.15) is 0 Å². The molecule has 1 atom stereocenters. The second-order valence-electron chi connectivity index (χ2n) is 9.03. The molecule has 2 aromatic rings. The van der Waals surface area contributed by atoms with Crippen LogP contribution in [0.4, 0.5) is 4.79 Å². The quantitative estimate of drug-likeness (QED) is 0.287. The highest BCUT2D eigenvalue weighted by atomic mass is 16.6. The lowest BCUT2D eigenvalue weighted by molar-refractivity contribution is -0.161. The van der Waals surface area contributed by atoms with Crippen LogP contribution in [0.1, 0.15) is 38.3 Å². The number of para-hydroxylation sites is 1. The topological polar surface area (TPSA) is 85.3 Å². The second kappa shape index (κ2) is 12.2. The van der Waals surface area contributed by atoms with E-state index in [2.05, 4.69) is 6.58 Å². The number of esters is 1. The van der Waals surface area contributed by atoms with Crippen molar-refractivity contribution in [2.45, 2.75) is 51.2 Å². The number of benzene rings is 2. The summed E-state index contributed by atoms with van der Waals surface area (Å²) in [5, 5.41) is 10.0. The summed E-state index contributed by atoms with van der Waals surface area (Å²) in [6.45, 7) is 8.95. The number of carbonyl (C=O) groups is 2. The molecule has 0 aliphatic rings. The van der Waals surface area contributed by atoms with E-state index in [1.807, 2.05) is 30.3 Å². The first-order valence-corrected chi connectivity index (χ1v) is 11.2. The van der Waals surface area contributed by atoms with Gasteiger partial charge in [-0.15, -0.1) is 6.58 Å². The average molecular weight is 470 g/mol. The maximum absolute atomic E-state index is 13.7. The normalized spacial score (nSPS) is 12.9. The van der Waals surface area contributed by atoms with Crippen molar-refractivity contribution in [1.82, 2.24) is 4.90 Å². The maximum Gasteiger partial charge on any atom is 0.413 e. The summed E-state index contributed by atoms with van der Waals surface area (Å²) in [5.74, 6) is -0.468. The summed E-state index contributed by atoms with van der Waals surface area (Å²) in [4.78, 5) is 28.2. The first-order valence-electron chi connectivity index (χ1n) is 11.2. The number of aromatic hydroxyl groups is 1. The van der Waals surface area contributed by atoms with Crippen molar-refractivity contribution in [3.8, 4) is 5.75 Å². The lowest BCUT2D eigenvalue weighted by Crippen LogP contribution is -2.60. The van der Waals surface area contributed by atoms with Crippen molar-refractivity contribution >= 4 is 12.1 Å². The van der Waals surface area contributed by atoms with Gasteiger partial charge >= 0.3 is 12.1 Å². The van der Waals surface area contributed by atoms with Gasteiger partial charge < -0.3 is 19.3 Å². The van der Waals surface area contributed by atoms with Gasteiger partial charge in [0.2, 0.25) is 0 Å². The minimum Gasteiger partial charge on any atom is -0.508 e. The zero-order chi connectivity index (χ0) is 25.2. The van der Waals surface area contributed by atoms with Crippen molar-refractivity contribution in [2.24, 2.45) is 0 Å². The van der Waals surface area contributed by atoms with Gasteiger partial charge in [0, 0.05) is 20.0 Å². The molecule has 34 heavy (non-hydrogen) atoms. The van der Waals surface area contributed by atoms with Crippen molar-refractivity contribution in [2.75, 3.05) is 20.4 Å². The van der Waals surface area contributed by atoms with Gasteiger partial charge in [0.15, 0.2) is 5.54 Å². The number of carbonyl (C=O) groups excluding carboxylic acids is 2. The fourth-order valence-corrected chi connectivity index (χ4v) is 3.62. The third-order valence-corrected chi connectivity index (χ3v) is 5.19. The van der Waals surface area contributed by atoms with E-state index in [-0.39, 0.29) is 31.9 Å². The summed E-state index contributed by atoms with van der Waals surface area (Å²) < 4.78 is 16.6. The molecule has 7 nitrogen and oxygen atoms in total. The van der Waals surface area contributed by atoms with E-state index in [4.69, 9.17) is 14.2 Å². The van der Waals surface area contributed by atoms with E-state index >= 15 is 0 Å². The van der Waals surface area contributed by atoms with Crippen LogP contribution in [-0.2, 0) is 31.8 Å². The molecule has 2 rings (SSSR count). The molecular weight excluding hydrogens is 434 g/mol. The fourth-order valence-electron chi connectivity index (χ4n) is 3.62. The highest BCUT2D eigenvalue weighted by Gasteiger charge is 2.48. The number of hydrogen-bond donors (Lipinski definition) is 1. The van der Waals surface area contributed by atoms with Crippen molar-refractivity contribution in [3.05, 3.63) is 78.4 Å². The SMILES string of the molecule is C=CCC(Cc1ccccc1)(C(=O)OCCc1ccccc1O)N(COC)C(=O)OC(C)(C)C. The Morgan fingerprint density at radius 2 is 1.71 bits per heavy atom. The third-order valence-electron chi connectivity index (χ3n) is 5.19.